The van der Waals surface area contributed by atoms with Crippen LogP contribution in [0.15, 0.2) is 18.2 Å². The van der Waals surface area contributed by atoms with Gasteiger partial charge in [-0.1, -0.05) is 6.07 Å². The van der Waals surface area contributed by atoms with Gasteiger partial charge < -0.3 is 20.3 Å². The molecule has 0 unspecified atom stereocenters. The number of hydrogen-bond donors (Lipinski definition) is 2. The number of benzene rings is 1. The number of carbonyl (C=O) groups is 1. The number of nitrogens with zero attached hydrogens (tertiary/aromatic N) is 1. The van der Waals surface area contributed by atoms with Gasteiger partial charge in [0.2, 0.25) is 0 Å². The zero-order valence-electron chi connectivity index (χ0n) is 12.0. The van der Waals surface area contributed by atoms with Crippen molar-refractivity contribution >= 4 is 17.3 Å². The van der Waals surface area contributed by atoms with Gasteiger partial charge in [-0.15, -0.1) is 0 Å². The van der Waals surface area contributed by atoms with Crippen molar-refractivity contribution in [1.29, 1.82) is 0 Å². The largest absolute Gasteiger partial charge is 0.382 e. The summed E-state index contributed by atoms with van der Waals surface area (Å²) in [6.45, 7) is 7.05. The summed E-state index contributed by atoms with van der Waals surface area (Å²) < 4.78 is 5.69. The number of hydrogen-bond acceptors (Lipinski definition) is 4. The maximum absolute atomic E-state index is 12.8. The van der Waals surface area contributed by atoms with Gasteiger partial charge in [0.15, 0.2) is 0 Å². The standard InChI is InChI=1S/C15H21N3O2/c1-10-8-18(9-11(2)20-10)15(19)12-4-3-5-13-14(12)17-7-6-16-13/h3-5,10-11,16-17H,6-9H2,1-2H3/t10-,11+. The van der Waals surface area contributed by atoms with Gasteiger partial charge in [0, 0.05) is 26.2 Å². The topological polar surface area (TPSA) is 53.6 Å². The molecular weight excluding hydrogens is 254 g/mol. The van der Waals surface area contributed by atoms with E-state index in [1.807, 2.05) is 36.9 Å². The summed E-state index contributed by atoms with van der Waals surface area (Å²) in [5.74, 6) is 0.0834. The Morgan fingerprint density at radius 2 is 1.90 bits per heavy atom. The molecule has 1 fully saturated rings. The molecular formula is C15H21N3O2. The number of fused-ring (bicyclic) bond motifs is 1. The quantitative estimate of drug-likeness (QED) is 0.820. The zero-order chi connectivity index (χ0) is 14.1. The molecule has 1 aromatic rings. The molecule has 0 spiro atoms. The molecule has 0 aliphatic carbocycles. The number of para-hydroxylation sites is 1. The van der Waals surface area contributed by atoms with Crippen molar-refractivity contribution in [2.75, 3.05) is 36.8 Å². The van der Waals surface area contributed by atoms with E-state index in [4.69, 9.17) is 4.74 Å². The Balaban J connectivity index is 1.87. The summed E-state index contributed by atoms with van der Waals surface area (Å²) in [5.41, 5.74) is 2.68. The van der Waals surface area contributed by atoms with Gasteiger partial charge in [0.05, 0.1) is 29.1 Å². The van der Waals surface area contributed by atoms with Gasteiger partial charge in [-0.3, -0.25) is 4.79 Å². The summed E-state index contributed by atoms with van der Waals surface area (Å²) >= 11 is 0. The molecule has 0 bridgehead atoms. The van der Waals surface area contributed by atoms with E-state index in [0.717, 1.165) is 30.0 Å². The average Bonchev–Trinajstić information content (AvgIpc) is 2.45. The lowest BCUT2D eigenvalue weighted by Crippen LogP contribution is -2.48. The minimum atomic E-state index is 0.0834. The number of ether oxygens (including phenoxy) is 1. The van der Waals surface area contributed by atoms with Crippen molar-refractivity contribution in [3.8, 4) is 0 Å². The van der Waals surface area contributed by atoms with Gasteiger partial charge in [0.25, 0.3) is 5.91 Å². The van der Waals surface area contributed by atoms with E-state index in [0.29, 0.717) is 13.1 Å². The minimum Gasteiger partial charge on any atom is -0.382 e. The monoisotopic (exact) mass is 275 g/mol. The smallest absolute Gasteiger partial charge is 0.256 e. The first-order chi connectivity index (χ1) is 9.65. The molecule has 0 aromatic heterocycles. The number of rotatable bonds is 1. The van der Waals surface area contributed by atoms with E-state index in [1.54, 1.807) is 0 Å². The van der Waals surface area contributed by atoms with Crippen LogP contribution in [0.1, 0.15) is 24.2 Å². The first-order valence-corrected chi connectivity index (χ1v) is 7.20. The molecule has 1 amide bonds. The van der Waals surface area contributed by atoms with Gasteiger partial charge in [0.1, 0.15) is 0 Å². The van der Waals surface area contributed by atoms with Crippen molar-refractivity contribution in [3.05, 3.63) is 23.8 Å². The number of nitrogens with one attached hydrogen (secondary N) is 2. The molecule has 5 nitrogen and oxygen atoms in total. The van der Waals surface area contributed by atoms with Crippen LogP contribution in [-0.2, 0) is 4.74 Å². The number of carbonyl (C=O) groups excluding carboxylic acids is 1. The molecule has 1 saturated heterocycles. The molecule has 0 saturated carbocycles. The Morgan fingerprint density at radius 1 is 1.20 bits per heavy atom. The molecule has 0 radical (unpaired) electrons. The van der Waals surface area contributed by atoms with E-state index in [-0.39, 0.29) is 18.1 Å². The lowest BCUT2D eigenvalue weighted by atomic mass is 10.1. The third-order valence-corrected chi connectivity index (χ3v) is 3.74. The van der Waals surface area contributed by atoms with Crippen LogP contribution in [0.3, 0.4) is 0 Å². The highest BCUT2D eigenvalue weighted by molar-refractivity contribution is 6.02. The third kappa shape index (κ3) is 2.45. The molecule has 108 valence electrons. The van der Waals surface area contributed by atoms with Crippen LogP contribution in [0, 0.1) is 0 Å². The first kappa shape index (κ1) is 13.2. The molecule has 3 rings (SSSR count). The lowest BCUT2D eigenvalue weighted by Gasteiger charge is -2.36. The maximum atomic E-state index is 12.8. The molecule has 2 atom stereocenters. The van der Waals surface area contributed by atoms with Crippen molar-refractivity contribution in [3.63, 3.8) is 0 Å². The summed E-state index contributed by atoms with van der Waals surface area (Å²) in [6.07, 6.45) is 0.182. The lowest BCUT2D eigenvalue weighted by molar-refractivity contribution is -0.0585. The Labute approximate surface area is 119 Å². The number of amides is 1. The molecule has 2 N–H and O–H groups in total. The molecule has 5 heteroatoms. The van der Waals surface area contributed by atoms with Gasteiger partial charge in [-0.25, -0.2) is 0 Å². The van der Waals surface area contributed by atoms with E-state index in [9.17, 15) is 4.79 Å². The zero-order valence-corrected chi connectivity index (χ0v) is 12.0. The normalized spacial score (nSPS) is 25.4. The second-order valence-corrected chi connectivity index (χ2v) is 5.55. The maximum Gasteiger partial charge on any atom is 0.256 e. The van der Waals surface area contributed by atoms with Gasteiger partial charge >= 0.3 is 0 Å². The Hall–Kier alpha value is -1.75. The highest BCUT2D eigenvalue weighted by atomic mass is 16.5. The van der Waals surface area contributed by atoms with E-state index < -0.39 is 0 Å². The SMILES string of the molecule is C[C@@H]1CN(C(=O)c2cccc3c2NCCN3)C[C@H](C)O1. The van der Waals surface area contributed by atoms with E-state index >= 15 is 0 Å². The van der Waals surface area contributed by atoms with Crippen LogP contribution in [0.2, 0.25) is 0 Å². The fraction of sp³-hybridized carbons (Fsp3) is 0.533. The van der Waals surface area contributed by atoms with Crippen molar-refractivity contribution in [2.24, 2.45) is 0 Å². The van der Waals surface area contributed by atoms with Crippen LogP contribution in [0.25, 0.3) is 0 Å². The summed E-state index contributed by atoms with van der Waals surface area (Å²) in [6, 6.07) is 5.83. The molecule has 2 aliphatic heterocycles. The second-order valence-electron chi connectivity index (χ2n) is 5.55. The van der Waals surface area contributed by atoms with Gasteiger partial charge in [-0.05, 0) is 26.0 Å². The Morgan fingerprint density at radius 3 is 2.65 bits per heavy atom. The fourth-order valence-electron chi connectivity index (χ4n) is 2.97. The van der Waals surface area contributed by atoms with Crippen LogP contribution in [-0.4, -0.2) is 49.2 Å². The molecule has 2 heterocycles. The van der Waals surface area contributed by atoms with Crippen LogP contribution >= 0.6 is 0 Å². The first-order valence-electron chi connectivity index (χ1n) is 7.20. The average molecular weight is 275 g/mol. The van der Waals surface area contributed by atoms with Gasteiger partial charge in [-0.2, -0.15) is 0 Å². The van der Waals surface area contributed by atoms with E-state index in [2.05, 4.69) is 10.6 Å². The molecule has 20 heavy (non-hydrogen) atoms. The van der Waals surface area contributed by atoms with Crippen LogP contribution in [0.5, 0.6) is 0 Å². The summed E-state index contributed by atoms with van der Waals surface area (Å²) in [5, 5.41) is 6.65. The van der Waals surface area contributed by atoms with Crippen molar-refractivity contribution < 1.29 is 9.53 Å². The van der Waals surface area contributed by atoms with Crippen LogP contribution < -0.4 is 10.6 Å². The summed E-state index contributed by atoms with van der Waals surface area (Å²) in [4.78, 5) is 14.7. The number of anilines is 2. The fourth-order valence-corrected chi connectivity index (χ4v) is 2.97. The Bertz CT molecular complexity index is 508. The minimum absolute atomic E-state index is 0.0834. The third-order valence-electron chi connectivity index (χ3n) is 3.74. The number of morpholine rings is 1. The van der Waals surface area contributed by atoms with Crippen molar-refractivity contribution in [1.82, 2.24) is 4.90 Å². The predicted octanol–water partition coefficient (Wildman–Crippen LogP) is 1.77. The molecule has 1 aromatic carbocycles. The van der Waals surface area contributed by atoms with Crippen LogP contribution in [0.4, 0.5) is 11.4 Å². The summed E-state index contributed by atoms with van der Waals surface area (Å²) in [7, 11) is 0. The van der Waals surface area contributed by atoms with Crippen molar-refractivity contribution in [2.45, 2.75) is 26.1 Å². The predicted molar refractivity (Wildman–Crippen MR) is 79.3 cm³/mol. The highest BCUT2D eigenvalue weighted by Crippen LogP contribution is 2.29. The highest BCUT2D eigenvalue weighted by Gasteiger charge is 2.28. The molecule has 2 aliphatic rings. The van der Waals surface area contributed by atoms with E-state index in [1.165, 1.54) is 0 Å². The Kier molecular flexibility index (Phi) is 3.53. The second kappa shape index (κ2) is 5.32.